The van der Waals surface area contributed by atoms with Crippen LogP contribution in [0.2, 0.25) is 0 Å². The van der Waals surface area contributed by atoms with Gasteiger partial charge >= 0.3 is 0 Å². The van der Waals surface area contributed by atoms with Crippen LogP contribution in [0.3, 0.4) is 0 Å². The number of anilines is 3. The van der Waals surface area contributed by atoms with Crippen molar-refractivity contribution >= 4 is 27.8 Å². The second-order valence-corrected chi connectivity index (χ2v) is 12.1. The van der Waals surface area contributed by atoms with Crippen LogP contribution in [0.5, 0.6) is 11.5 Å². The van der Waals surface area contributed by atoms with Crippen molar-refractivity contribution in [3.05, 3.63) is 189 Å². The van der Waals surface area contributed by atoms with Crippen molar-refractivity contribution in [2.45, 2.75) is 12.3 Å². The zero-order valence-electron chi connectivity index (χ0n) is 25.2. The smallest absolute Gasteiger partial charge is 0.263 e. The first-order chi connectivity index (χ1) is 22.9. The minimum Gasteiger partial charge on any atom is -0.457 e. The first kappa shape index (κ1) is 27.3. The summed E-state index contributed by atoms with van der Waals surface area (Å²) in [5.74, 6) is 0.411. The molecule has 0 saturated carbocycles. The van der Waals surface area contributed by atoms with Crippen LogP contribution in [0.1, 0.15) is 27.8 Å². The monoisotopic (exact) mass is 616 g/mol. The molecule has 2 aliphatic heterocycles. The molecule has 0 N–H and O–H groups in total. The highest BCUT2D eigenvalue weighted by atomic mass is 19.1. The largest absolute Gasteiger partial charge is 0.457 e. The lowest BCUT2D eigenvalue weighted by molar-refractivity contribution is 0.433. The molecule has 3 heterocycles. The maximum absolute atomic E-state index is 15.5. The van der Waals surface area contributed by atoms with E-state index in [9.17, 15) is 4.79 Å². The standard InChI is InChI=1S/C41H26F2N2O2/c1-25-24-44(28-9-3-2-4-10-28)40(46)31-23-29(17-18-30(25)31)45-36-19-15-26(42)21-34(36)41(35-22-27(43)16-20-37(35)45)32-11-5-7-13-38(32)47-39-14-8-6-12-33(39)41/h2-24H,1H3. The van der Waals surface area contributed by atoms with Gasteiger partial charge in [0.1, 0.15) is 23.1 Å². The van der Waals surface area contributed by atoms with Crippen molar-refractivity contribution in [1.29, 1.82) is 0 Å². The summed E-state index contributed by atoms with van der Waals surface area (Å²) in [6, 6.07) is 40.2. The van der Waals surface area contributed by atoms with Gasteiger partial charge in [-0.25, -0.2) is 8.78 Å². The Balaban J connectivity index is 1.37. The van der Waals surface area contributed by atoms with Crippen LogP contribution in [0.25, 0.3) is 16.5 Å². The number of fused-ring (bicyclic) bond motifs is 9. The van der Waals surface area contributed by atoms with Crippen molar-refractivity contribution in [1.82, 2.24) is 4.57 Å². The third kappa shape index (κ3) is 3.82. The molecule has 1 aromatic heterocycles. The number of halogens is 2. The van der Waals surface area contributed by atoms with E-state index in [0.717, 1.165) is 27.8 Å². The first-order valence-electron chi connectivity index (χ1n) is 15.4. The second kappa shape index (κ2) is 9.99. The molecule has 2 aliphatic rings. The number of hydrogen-bond donors (Lipinski definition) is 0. The number of rotatable bonds is 2. The summed E-state index contributed by atoms with van der Waals surface area (Å²) in [4.78, 5) is 16.0. The number of nitrogens with zero attached hydrogens (tertiary/aromatic N) is 2. The minimum atomic E-state index is -1.09. The molecule has 0 amide bonds. The molecule has 6 aromatic carbocycles. The van der Waals surface area contributed by atoms with Crippen LogP contribution in [0, 0.1) is 18.6 Å². The first-order valence-corrected chi connectivity index (χ1v) is 15.4. The molecule has 0 fully saturated rings. The van der Waals surface area contributed by atoms with Crippen LogP contribution in [0.4, 0.5) is 25.8 Å². The summed E-state index contributed by atoms with van der Waals surface area (Å²) >= 11 is 0. The van der Waals surface area contributed by atoms with Gasteiger partial charge in [-0.2, -0.15) is 0 Å². The number of hydrogen-bond acceptors (Lipinski definition) is 3. The Morgan fingerprint density at radius 3 is 1.77 bits per heavy atom. The maximum atomic E-state index is 15.5. The fourth-order valence-corrected chi connectivity index (χ4v) is 7.56. The Kier molecular flexibility index (Phi) is 5.81. The van der Waals surface area contributed by atoms with Gasteiger partial charge in [-0.05, 0) is 102 Å². The van der Waals surface area contributed by atoms with Gasteiger partial charge < -0.3 is 9.64 Å². The summed E-state index contributed by atoms with van der Waals surface area (Å²) in [7, 11) is 0. The van der Waals surface area contributed by atoms with Crippen LogP contribution in [0.15, 0.2) is 144 Å². The van der Waals surface area contributed by atoms with Gasteiger partial charge in [0.15, 0.2) is 0 Å². The lowest BCUT2D eigenvalue weighted by Gasteiger charge is -2.48. The normalized spacial score (nSPS) is 13.8. The molecule has 0 saturated heterocycles. The lowest BCUT2D eigenvalue weighted by Crippen LogP contribution is -2.40. The van der Waals surface area contributed by atoms with Crippen LogP contribution >= 0.6 is 0 Å². The molecule has 47 heavy (non-hydrogen) atoms. The average molecular weight is 617 g/mol. The molecule has 226 valence electrons. The Labute approximate surface area is 269 Å². The van der Waals surface area contributed by atoms with E-state index in [2.05, 4.69) is 0 Å². The third-order valence-corrected chi connectivity index (χ3v) is 9.50. The highest BCUT2D eigenvalue weighted by Gasteiger charge is 2.51. The Hall–Kier alpha value is -6.01. The molecule has 1 spiro atoms. The van der Waals surface area contributed by atoms with Gasteiger partial charge in [-0.3, -0.25) is 9.36 Å². The number of ether oxygens (including phenoxy) is 1. The summed E-state index contributed by atoms with van der Waals surface area (Å²) in [5, 5.41) is 1.38. The fourth-order valence-electron chi connectivity index (χ4n) is 7.56. The van der Waals surface area contributed by atoms with E-state index in [1.807, 2.05) is 115 Å². The number of para-hydroxylation sites is 3. The zero-order valence-corrected chi connectivity index (χ0v) is 25.2. The molecule has 0 unspecified atom stereocenters. The van der Waals surface area contributed by atoms with Crippen molar-refractivity contribution in [3.8, 4) is 17.2 Å². The highest BCUT2D eigenvalue weighted by molar-refractivity contribution is 5.95. The summed E-state index contributed by atoms with van der Waals surface area (Å²) in [5.41, 5.74) is 5.47. The van der Waals surface area contributed by atoms with E-state index in [0.29, 0.717) is 45.1 Å². The van der Waals surface area contributed by atoms with Gasteiger partial charge in [0.05, 0.1) is 16.8 Å². The topological polar surface area (TPSA) is 34.5 Å². The molecule has 0 aliphatic carbocycles. The summed E-state index contributed by atoms with van der Waals surface area (Å²) in [6.45, 7) is 1.99. The number of pyridine rings is 1. The molecule has 0 radical (unpaired) electrons. The zero-order chi connectivity index (χ0) is 31.9. The minimum absolute atomic E-state index is 0.155. The molecule has 0 atom stereocenters. The number of aryl methyl sites for hydroxylation is 1. The van der Waals surface area contributed by atoms with Crippen LogP contribution in [-0.2, 0) is 5.41 Å². The van der Waals surface area contributed by atoms with E-state index < -0.39 is 17.0 Å². The summed E-state index contributed by atoms with van der Waals surface area (Å²) < 4.78 is 39.1. The molecule has 4 nitrogen and oxygen atoms in total. The Morgan fingerprint density at radius 2 is 1.15 bits per heavy atom. The quantitative estimate of drug-likeness (QED) is 0.194. The third-order valence-electron chi connectivity index (χ3n) is 9.50. The summed E-state index contributed by atoms with van der Waals surface area (Å²) in [6.07, 6.45) is 1.86. The molecular weight excluding hydrogens is 590 g/mol. The fraction of sp³-hybridized carbons (Fsp3) is 0.0488. The van der Waals surface area contributed by atoms with Crippen molar-refractivity contribution in [3.63, 3.8) is 0 Å². The lowest BCUT2D eigenvalue weighted by atomic mass is 9.61. The van der Waals surface area contributed by atoms with Crippen molar-refractivity contribution in [2.24, 2.45) is 0 Å². The van der Waals surface area contributed by atoms with Gasteiger partial charge in [0.25, 0.3) is 5.56 Å². The highest BCUT2D eigenvalue weighted by Crippen LogP contribution is 2.62. The molecule has 9 rings (SSSR count). The Morgan fingerprint density at radius 1 is 0.574 bits per heavy atom. The van der Waals surface area contributed by atoms with Crippen LogP contribution < -0.4 is 15.2 Å². The van der Waals surface area contributed by atoms with E-state index in [4.69, 9.17) is 4.74 Å². The van der Waals surface area contributed by atoms with E-state index in [1.54, 1.807) is 28.8 Å². The van der Waals surface area contributed by atoms with Gasteiger partial charge in [-0.15, -0.1) is 0 Å². The number of aromatic nitrogens is 1. The predicted molar refractivity (Wildman–Crippen MR) is 181 cm³/mol. The second-order valence-electron chi connectivity index (χ2n) is 12.1. The van der Waals surface area contributed by atoms with Crippen molar-refractivity contribution < 1.29 is 13.5 Å². The number of benzene rings is 6. The Bertz CT molecular complexity index is 2370. The van der Waals surface area contributed by atoms with Crippen molar-refractivity contribution in [2.75, 3.05) is 4.90 Å². The van der Waals surface area contributed by atoms with Gasteiger partial charge in [-0.1, -0.05) is 60.7 Å². The SMILES string of the molecule is Cc1cn(-c2ccccc2)c(=O)c2cc(N3c4ccc(F)cc4C4(c5ccccc5Oc5ccccc54)c4cc(F)ccc43)ccc12. The molecule has 0 bridgehead atoms. The van der Waals surface area contributed by atoms with E-state index >= 15 is 8.78 Å². The molecule has 6 heteroatoms. The van der Waals surface area contributed by atoms with Crippen LogP contribution in [-0.4, -0.2) is 4.57 Å². The average Bonchev–Trinajstić information content (AvgIpc) is 3.10. The molecule has 7 aromatic rings. The molecular formula is C41H26F2N2O2. The van der Waals surface area contributed by atoms with E-state index in [1.165, 1.54) is 12.1 Å². The van der Waals surface area contributed by atoms with Gasteiger partial charge in [0.2, 0.25) is 0 Å². The van der Waals surface area contributed by atoms with Gasteiger partial charge in [0, 0.05) is 34.1 Å². The van der Waals surface area contributed by atoms with E-state index in [-0.39, 0.29) is 5.56 Å². The predicted octanol–water partition coefficient (Wildman–Crippen LogP) is 9.85. The maximum Gasteiger partial charge on any atom is 0.263 e.